The Hall–Kier alpha value is -3.81. The summed E-state index contributed by atoms with van der Waals surface area (Å²) in [4.78, 5) is 48.5. The van der Waals surface area contributed by atoms with E-state index in [2.05, 4.69) is 5.32 Å². The van der Waals surface area contributed by atoms with Crippen LogP contribution in [0, 0.1) is 24.0 Å². The molecule has 1 aliphatic rings. The van der Waals surface area contributed by atoms with Gasteiger partial charge in [0.15, 0.2) is 0 Å². The average Bonchev–Trinajstić information content (AvgIpc) is 2.61. The molecule has 1 heterocycles. The molecule has 2 aromatic rings. The third-order valence-electron chi connectivity index (χ3n) is 4.13. The summed E-state index contributed by atoms with van der Waals surface area (Å²) < 4.78 is 0. The van der Waals surface area contributed by atoms with Crippen LogP contribution in [0.3, 0.4) is 0 Å². The molecule has 0 aliphatic carbocycles. The first-order valence-corrected chi connectivity index (χ1v) is 8.01. The Bertz CT molecular complexity index is 1010. The maximum absolute atomic E-state index is 12.8. The third-order valence-corrected chi connectivity index (χ3v) is 4.13. The number of barbiturate groups is 1. The van der Waals surface area contributed by atoms with Crippen LogP contribution in [-0.4, -0.2) is 22.8 Å². The van der Waals surface area contributed by atoms with Gasteiger partial charge in [0.25, 0.3) is 17.5 Å². The van der Waals surface area contributed by atoms with Crippen molar-refractivity contribution >= 4 is 35.3 Å². The predicted molar refractivity (Wildman–Crippen MR) is 98.0 cm³/mol. The number of anilines is 1. The highest BCUT2D eigenvalue weighted by Gasteiger charge is 2.36. The van der Waals surface area contributed by atoms with Gasteiger partial charge in [-0.05, 0) is 37.6 Å². The summed E-state index contributed by atoms with van der Waals surface area (Å²) in [6, 6.07) is 10.2. The Morgan fingerprint density at radius 2 is 1.70 bits per heavy atom. The minimum atomic E-state index is -0.850. The molecule has 3 rings (SSSR count). The molecule has 2 aromatic carbocycles. The number of imide groups is 2. The normalized spacial score (nSPS) is 15.9. The van der Waals surface area contributed by atoms with Crippen LogP contribution in [0.1, 0.15) is 16.7 Å². The van der Waals surface area contributed by atoms with Crippen LogP contribution in [0.2, 0.25) is 0 Å². The molecule has 1 fully saturated rings. The number of carbonyl (C=O) groups excluding carboxylic acids is 3. The van der Waals surface area contributed by atoms with Crippen LogP contribution in [0.15, 0.2) is 48.0 Å². The topological polar surface area (TPSA) is 110 Å². The number of nitro benzene ring substituents is 1. The molecule has 0 radical (unpaired) electrons. The van der Waals surface area contributed by atoms with E-state index in [4.69, 9.17) is 0 Å². The zero-order valence-electron chi connectivity index (χ0n) is 14.6. The molecule has 1 saturated heterocycles. The number of nitrogens with zero attached hydrogens (tertiary/aromatic N) is 2. The maximum Gasteiger partial charge on any atom is 0.335 e. The summed E-state index contributed by atoms with van der Waals surface area (Å²) in [5.41, 5.74) is 1.62. The summed E-state index contributed by atoms with van der Waals surface area (Å²) in [6.45, 7) is 3.45. The highest BCUT2D eigenvalue weighted by Crippen LogP contribution is 2.24. The highest BCUT2D eigenvalue weighted by molar-refractivity contribution is 6.39. The maximum atomic E-state index is 12.8. The van der Waals surface area contributed by atoms with Crippen LogP contribution in [-0.2, 0) is 9.59 Å². The lowest BCUT2D eigenvalue weighted by molar-refractivity contribution is -0.385. The second-order valence-electron chi connectivity index (χ2n) is 6.10. The van der Waals surface area contributed by atoms with E-state index < -0.39 is 22.8 Å². The minimum absolute atomic E-state index is 0.125. The number of nitrogens with one attached hydrogen (secondary N) is 1. The van der Waals surface area contributed by atoms with Gasteiger partial charge in [-0.15, -0.1) is 0 Å². The summed E-state index contributed by atoms with van der Waals surface area (Å²) in [5.74, 6) is -1.65. The molecule has 27 heavy (non-hydrogen) atoms. The largest absolute Gasteiger partial charge is 0.335 e. The smallest absolute Gasteiger partial charge is 0.273 e. The number of hydrogen-bond donors (Lipinski definition) is 1. The molecule has 0 atom stereocenters. The molecule has 136 valence electrons. The van der Waals surface area contributed by atoms with Crippen molar-refractivity contribution in [2.45, 2.75) is 13.8 Å². The molecule has 0 aromatic heterocycles. The lowest BCUT2D eigenvalue weighted by Gasteiger charge is -2.26. The lowest BCUT2D eigenvalue weighted by atomic mass is 10.0. The Labute approximate surface area is 154 Å². The number of urea groups is 1. The molecule has 8 heteroatoms. The van der Waals surface area contributed by atoms with E-state index in [1.165, 1.54) is 18.2 Å². The molecule has 0 saturated carbocycles. The van der Waals surface area contributed by atoms with Crippen molar-refractivity contribution in [3.8, 4) is 0 Å². The fraction of sp³-hybridized carbons (Fsp3) is 0.105. The van der Waals surface area contributed by atoms with Gasteiger partial charge in [0.05, 0.1) is 10.6 Å². The average molecular weight is 365 g/mol. The summed E-state index contributed by atoms with van der Waals surface area (Å²) in [5, 5.41) is 13.2. The van der Waals surface area contributed by atoms with Gasteiger partial charge < -0.3 is 0 Å². The summed E-state index contributed by atoms with van der Waals surface area (Å²) in [6.07, 6.45) is 1.23. The van der Waals surface area contributed by atoms with Gasteiger partial charge in [0.1, 0.15) is 5.57 Å². The van der Waals surface area contributed by atoms with Crippen molar-refractivity contribution < 1.29 is 19.3 Å². The fourth-order valence-corrected chi connectivity index (χ4v) is 2.67. The number of aryl methyl sites for hydroxylation is 2. The van der Waals surface area contributed by atoms with Crippen LogP contribution >= 0.6 is 0 Å². The lowest BCUT2D eigenvalue weighted by Crippen LogP contribution is -2.54. The van der Waals surface area contributed by atoms with E-state index in [1.807, 2.05) is 6.92 Å². The SMILES string of the molecule is Cc1ccc(N2C(=O)NC(=O)/C(=C/c3ccc(C)c([N+](=O)[O-])c3)C2=O)cc1. The zero-order valence-corrected chi connectivity index (χ0v) is 14.6. The van der Waals surface area contributed by atoms with Gasteiger partial charge in [-0.25, -0.2) is 9.69 Å². The van der Waals surface area contributed by atoms with Crippen molar-refractivity contribution in [3.63, 3.8) is 0 Å². The first kappa shape index (κ1) is 18.0. The van der Waals surface area contributed by atoms with Gasteiger partial charge >= 0.3 is 6.03 Å². The van der Waals surface area contributed by atoms with Gasteiger partial charge in [-0.3, -0.25) is 25.0 Å². The Balaban J connectivity index is 2.03. The zero-order chi connectivity index (χ0) is 19.7. The number of nitro groups is 1. The predicted octanol–water partition coefficient (Wildman–Crippen LogP) is 2.88. The molecule has 0 spiro atoms. The van der Waals surface area contributed by atoms with Crippen molar-refractivity contribution in [2.75, 3.05) is 4.90 Å². The standard InChI is InChI=1S/C19H15N3O5/c1-11-3-7-14(8-4-11)21-18(24)15(17(23)20-19(21)25)9-13-6-5-12(2)16(10-13)22(26)27/h3-10H,1-2H3,(H,20,23,25)/b15-9-. The molecule has 8 nitrogen and oxygen atoms in total. The monoisotopic (exact) mass is 365 g/mol. The van der Waals surface area contributed by atoms with Crippen LogP contribution in [0.5, 0.6) is 0 Å². The quantitative estimate of drug-likeness (QED) is 0.389. The van der Waals surface area contributed by atoms with Crippen molar-refractivity contribution in [1.29, 1.82) is 0 Å². The molecule has 1 N–H and O–H groups in total. The summed E-state index contributed by atoms with van der Waals surface area (Å²) >= 11 is 0. The Kier molecular flexibility index (Phi) is 4.55. The molecular formula is C19H15N3O5. The number of rotatable bonds is 3. The van der Waals surface area contributed by atoms with Crippen molar-refractivity contribution in [2.24, 2.45) is 0 Å². The molecule has 0 bridgehead atoms. The first-order valence-electron chi connectivity index (χ1n) is 8.01. The van der Waals surface area contributed by atoms with Gasteiger partial charge in [-0.1, -0.05) is 29.8 Å². The van der Waals surface area contributed by atoms with Crippen LogP contribution in [0.4, 0.5) is 16.2 Å². The second-order valence-corrected chi connectivity index (χ2v) is 6.10. The van der Waals surface area contributed by atoms with Crippen LogP contribution in [0.25, 0.3) is 6.08 Å². The minimum Gasteiger partial charge on any atom is -0.273 e. The second kappa shape index (κ2) is 6.83. The van der Waals surface area contributed by atoms with Gasteiger partial charge in [-0.2, -0.15) is 0 Å². The summed E-state index contributed by atoms with van der Waals surface area (Å²) in [7, 11) is 0. The van der Waals surface area contributed by atoms with Crippen molar-refractivity contribution in [1.82, 2.24) is 5.32 Å². The highest BCUT2D eigenvalue weighted by atomic mass is 16.6. The Morgan fingerprint density at radius 1 is 1.04 bits per heavy atom. The number of hydrogen-bond acceptors (Lipinski definition) is 5. The molecular weight excluding hydrogens is 350 g/mol. The van der Waals surface area contributed by atoms with E-state index in [-0.39, 0.29) is 11.3 Å². The fourth-order valence-electron chi connectivity index (χ4n) is 2.67. The molecule has 1 aliphatic heterocycles. The molecule has 0 unspecified atom stereocenters. The van der Waals surface area contributed by atoms with E-state index >= 15 is 0 Å². The van der Waals surface area contributed by atoms with Gasteiger partial charge in [0, 0.05) is 11.6 Å². The number of amides is 4. The van der Waals surface area contributed by atoms with E-state index in [0.29, 0.717) is 16.8 Å². The number of benzene rings is 2. The van der Waals surface area contributed by atoms with E-state index in [0.717, 1.165) is 10.5 Å². The van der Waals surface area contributed by atoms with E-state index in [9.17, 15) is 24.5 Å². The Morgan fingerprint density at radius 3 is 2.33 bits per heavy atom. The molecule has 4 amide bonds. The number of carbonyl (C=O) groups is 3. The van der Waals surface area contributed by atoms with E-state index in [1.54, 1.807) is 37.3 Å². The first-order chi connectivity index (χ1) is 12.8. The van der Waals surface area contributed by atoms with Crippen LogP contribution < -0.4 is 10.2 Å². The third kappa shape index (κ3) is 3.45. The van der Waals surface area contributed by atoms with Crippen molar-refractivity contribution in [3.05, 3.63) is 74.8 Å². The van der Waals surface area contributed by atoms with Gasteiger partial charge in [0.2, 0.25) is 0 Å².